The van der Waals surface area contributed by atoms with Crippen LogP contribution in [0.1, 0.15) is 37.3 Å². The fourth-order valence-electron chi connectivity index (χ4n) is 4.79. The zero-order valence-corrected chi connectivity index (χ0v) is 20.6. The molecule has 4 N–H and O–H groups in total. The minimum atomic E-state index is -1.76. The number of fused-ring (bicyclic) bond motifs is 1. The molecular formula is C27H32ClN3O4. The van der Waals surface area contributed by atoms with Crippen LogP contribution in [0.3, 0.4) is 0 Å². The summed E-state index contributed by atoms with van der Waals surface area (Å²) in [5.41, 5.74) is 0.911. The smallest absolute Gasteiger partial charge is 0.264 e. The first-order valence-corrected chi connectivity index (χ1v) is 12.4. The van der Waals surface area contributed by atoms with Crippen LogP contribution in [0, 0.1) is 11.8 Å². The lowest BCUT2D eigenvalue weighted by Gasteiger charge is -2.27. The third-order valence-corrected chi connectivity index (χ3v) is 7.08. The Balaban J connectivity index is 1.52. The van der Waals surface area contributed by atoms with Crippen LogP contribution in [-0.2, 0) is 21.7 Å². The molecule has 2 aliphatic rings. The molecule has 2 amide bonds. The first-order chi connectivity index (χ1) is 16.8. The van der Waals surface area contributed by atoms with Crippen LogP contribution in [-0.4, -0.2) is 41.7 Å². The maximum Gasteiger partial charge on any atom is 0.264 e. The van der Waals surface area contributed by atoms with Gasteiger partial charge >= 0.3 is 0 Å². The van der Waals surface area contributed by atoms with Gasteiger partial charge in [-0.15, -0.1) is 0 Å². The normalized spacial score (nSPS) is 22.9. The highest BCUT2D eigenvalue weighted by atomic mass is 35.5. The summed E-state index contributed by atoms with van der Waals surface area (Å²) in [6, 6.07) is 12.5. The lowest BCUT2D eigenvalue weighted by atomic mass is 9.83. The number of carbonyl (C=O) groups is 2. The highest BCUT2D eigenvalue weighted by Gasteiger charge is 2.52. The number of anilines is 2. The Labute approximate surface area is 210 Å². The molecule has 1 fully saturated rings. The molecule has 1 unspecified atom stereocenters. The van der Waals surface area contributed by atoms with Crippen molar-refractivity contribution in [3.05, 3.63) is 70.8 Å². The third-order valence-electron chi connectivity index (χ3n) is 6.84. The quantitative estimate of drug-likeness (QED) is 0.417. The summed E-state index contributed by atoms with van der Waals surface area (Å²) in [5, 5.41) is 27.3. The van der Waals surface area contributed by atoms with Crippen molar-refractivity contribution in [2.45, 2.75) is 38.3 Å². The van der Waals surface area contributed by atoms with Crippen LogP contribution in [0.4, 0.5) is 11.4 Å². The Kier molecular flexibility index (Phi) is 7.91. The molecule has 0 bridgehead atoms. The van der Waals surface area contributed by atoms with Gasteiger partial charge in [0.2, 0.25) is 5.91 Å². The van der Waals surface area contributed by atoms with E-state index in [0.717, 1.165) is 24.9 Å². The largest absolute Gasteiger partial charge is 0.396 e. The number of rotatable bonds is 8. The van der Waals surface area contributed by atoms with E-state index in [1.165, 1.54) is 0 Å². The van der Waals surface area contributed by atoms with Crippen molar-refractivity contribution >= 4 is 34.8 Å². The van der Waals surface area contributed by atoms with Gasteiger partial charge in [0.25, 0.3) is 5.91 Å². The van der Waals surface area contributed by atoms with Crippen LogP contribution in [0.5, 0.6) is 0 Å². The molecule has 8 heteroatoms. The third kappa shape index (κ3) is 5.28. The van der Waals surface area contributed by atoms with Crippen molar-refractivity contribution in [1.82, 2.24) is 5.32 Å². The maximum absolute atomic E-state index is 13.5. The molecule has 3 atom stereocenters. The van der Waals surface area contributed by atoms with Gasteiger partial charge in [0.1, 0.15) is 0 Å². The van der Waals surface area contributed by atoms with E-state index in [1.807, 2.05) is 24.3 Å². The number of amides is 2. The fraction of sp³-hybridized carbons (Fsp3) is 0.407. The number of halogens is 1. The Morgan fingerprint density at radius 3 is 2.77 bits per heavy atom. The summed E-state index contributed by atoms with van der Waals surface area (Å²) in [7, 11) is 0. The monoisotopic (exact) mass is 497 g/mol. The van der Waals surface area contributed by atoms with E-state index in [9.17, 15) is 14.7 Å². The molecule has 35 heavy (non-hydrogen) atoms. The molecule has 2 aromatic rings. The zero-order chi connectivity index (χ0) is 25.0. The van der Waals surface area contributed by atoms with E-state index < -0.39 is 17.4 Å². The summed E-state index contributed by atoms with van der Waals surface area (Å²) in [4.78, 5) is 27.6. The van der Waals surface area contributed by atoms with Crippen molar-refractivity contribution in [1.29, 1.82) is 0 Å². The Morgan fingerprint density at radius 1 is 1.31 bits per heavy atom. The van der Waals surface area contributed by atoms with Gasteiger partial charge in [0, 0.05) is 35.3 Å². The van der Waals surface area contributed by atoms with Gasteiger partial charge in [0.15, 0.2) is 5.60 Å². The molecule has 2 aliphatic heterocycles. The van der Waals surface area contributed by atoms with Crippen molar-refractivity contribution < 1.29 is 19.8 Å². The van der Waals surface area contributed by atoms with E-state index in [2.05, 4.69) is 10.6 Å². The first kappa shape index (κ1) is 25.4. The van der Waals surface area contributed by atoms with Gasteiger partial charge in [-0.05, 0) is 61.7 Å². The van der Waals surface area contributed by atoms with Crippen LogP contribution >= 0.6 is 11.6 Å². The molecule has 0 aliphatic carbocycles. The minimum absolute atomic E-state index is 0.00186. The molecule has 7 nitrogen and oxygen atoms in total. The number of benzene rings is 2. The average molecular weight is 498 g/mol. The van der Waals surface area contributed by atoms with Crippen LogP contribution in [0.25, 0.3) is 0 Å². The predicted octanol–water partition coefficient (Wildman–Crippen LogP) is 3.59. The zero-order valence-electron chi connectivity index (χ0n) is 19.8. The minimum Gasteiger partial charge on any atom is -0.396 e. The molecule has 0 aromatic heterocycles. The van der Waals surface area contributed by atoms with Crippen LogP contribution in [0.2, 0.25) is 5.02 Å². The van der Waals surface area contributed by atoms with E-state index in [0.29, 0.717) is 34.9 Å². The van der Waals surface area contributed by atoms with Crippen LogP contribution < -0.4 is 15.5 Å². The summed E-state index contributed by atoms with van der Waals surface area (Å²) in [6.07, 6.45) is 5.84. The van der Waals surface area contributed by atoms with Gasteiger partial charge in [-0.2, -0.15) is 0 Å². The molecule has 2 heterocycles. The number of nitrogens with zero attached hydrogens (tertiary/aromatic N) is 1. The number of hydrogen-bond acceptors (Lipinski definition) is 5. The number of aliphatic hydroxyl groups excluding tert-OH is 1. The number of nitrogens with one attached hydrogen (secondary N) is 2. The molecule has 0 radical (unpaired) electrons. The van der Waals surface area contributed by atoms with Gasteiger partial charge in [-0.3, -0.25) is 9.59 Å². The van der Waals surface area contributed by atoms with Gasteiger partial charge < -0.3 is 25.7 Å². The van der Waals surface area contributed by atoms with Crippen molar-refractivity contribution in [2.24, 2.45) is 11.8 Å². The average Bonchev–Trinajstić information content (AvgIpc) is 3.08. The predicted molar refractivity (Wildman–Crippen MR) is 137 cm³/mol. The Bertz CT molecular complexity index is 1100. The van der Waals surface area contributed by atoms with Crippen LogP contribution in [0.15, 0.2) is 54.6 Å². The highest BCUT2D eigenvalue weighted by molar-refractivity contribution is 6.31. The topological polar surface area (TPSA) is 102 Å². The summed E-state index contributed by atoms with van der Waals surface area (Å²) in [6.45, 7) is 3.69. The van der Waals surface area contributed by atoms with Gasteiger partial charge in [-0.25, -0.2) is 0 Å². The molecule has 1 saturated heterocycles. The lowest BCUT2D eigenvalue weighted by Crippen LogP contribution is -2.44. The summed E-state index contributed by atoms with van der Waals surface area (Å²) < 4.78 is 0. The van der Waals surface area contributed by atoms with Gasteiger partial charge in [-0.1, -0.05) is 42.8 Å². The maximum atomic E-state index is 13.5. The van der Waals surface area contributed by atoms with E-state index in [4.69, 9.17) is 16.7 Å². The standard InChI is InChI=1S/C27H32ClN3O4/c1-18(5-2-3-14-32)27(35)23-15-21(28)9-12-24(23)31(26(27)34)17-19-7-10-22(11-8-19)30-25(33)20-6-4-13-29-16-20/h2,5,7-12,15,18,20,29,32,35H,3-4,6,13-14,16-17H2,1H3,(H,30,33)/b5-2+/t18-,20?,27+/m1/s1. The SMILES string of the molecule is C[C@H](/C=C/CCO)[C@@]1(O)C(=O)N(Cc2ccc(NC(=O)C3CCCNC3)cc2)c2ccc(Cl)cc21. The number of hydrogen-bond donors (Lipinski definition) is 4. The lowest BCUT2D eigenvalue weighted by molar-refractivity contribution is -0.139. The van der Waals surface area contributed by atoms with Gasteiger partial charge in [0.05, 0.1) is 18.2 Å². The molecule has 186 valence electrons. The molecule has 0 spiro atoms. The highest BCUT2D eigenvalue weighted by Crippen LogP contribution is 2.46. The van der Waals surface area contributed by atoms with Crippen molar-refractivity contribution in [3.8, 4) is 0 Å². The van der Waals surface area contributed by atoms with E-state index in [1.54, 1.807) is 42.2 Å². The Hall–Kier alpha value is -2.71. The molecule has 0 saturated carbocycles. The fourth-order valence-corrected chi connectivity index (χ4v) is 4.96. The number of carbonyl (C=O) groups excluding carboxylic acids is 2. The summed E-state index contributed by atoms with van der Waals surface area (Å²) in [5.74, 6) is -0.951. The van der Waals surface area contributed by atoms with Crippen molar-refractivity contribution in [2.75, 3.05) is 29.9 Å². The summed E-state index contributed by atoms with van der Waals surface area (Å²) >= 11 is 6.22. The molecular weight excluding hydrogens is 466 g/mol. The molecule has 2 aromatic carbocycles. The molecule has 4 rings (SSSR count). The number of piperidine rings is 1. The number of aliphatic hydroxyl groups is 2. The van der Waals surface area contributed by atoms with Crippen molar-refractivity contribution in [3.63, 3.8) is 0 Å². The second-order valence-corrected chi connectivity index (χ2v) is 9.71. The van der Waals surface area contributed by atoms with E-state index >= 15 is 0 Å². The first-order valence-electron chi connectivity index (χ1n) is 12.1. The second kappa shape index (κ2) is 10.9. The van der Waals surface area contributed by atoms with E-state index in [-0.39, 0.29) is 25.0 Å². The second-order valence-electron chi connectivity index (χ2n) is 9.28. The Morgan fingerprint density at radius 2 is 2.09 bits per heavy atom.